The molecule has 0 N–H and O–H groups in total. The third-order valence-electron chi connectivity index (χ3n) is 4.26. The lowest BCUT2D eigenvalue weighted by atomic mass is 10.3. The standard InChI is InChI=1S/C17H24N6O/c1-13-9-14(2)20-16(19-13)12-23-17(24)10-15(11-18-23)22-6-4-5-21(3)7-8-22/h9-11H,4-8,12H2,1-3H3. The number of hydrogen-bond donors (Lipinski definition) is 0. The topological polar surface area (TPSA) is 67.2 Å². The molecule has 0 atom stereocenters. The van der Waals surface area contributed by atoms with E-state index in [0.29, 0.717) is 12.4 Å². The van der Waals surface area contributed by atoms with Crippen molar-refractivity contribution >= 4 is 5.69 Å². The Morgan fingerprint density at radius 1 is 1.04 bits per heavy atom. The van der Waals surface area contributed by atoms with Crippen LogP contribution in [-0.2, 0) is 6.54 Å². The third-order valence-corrected chi connectivity index (χ3v) is 4.26. The molecule has 2 aromatic rings. The molecule has 0 aromatic carbocycles. The van der Waals surface area contributed by atoms with E-state index in [0.717, 1.165) is 49.7 Å². The first-order chi connectivity index (χ1) is 11.5. The van der Waals surface area contributed by atoms with Gasteiger partial charge >= 0.3 is 0 Å². The molecule has 0 saturated carbocycles. The molecule has 1 aliphatic heterocycles. The van der Waals surface area contributed by atoms with Crippen molar-refractivity contribution in [1.29, 1.82) is 0 Å². The summed E-state index contributed by atoms with van der Waals surface area (Å²) in [4.78, 5) is 25.7. The van der Waals surface area contributed by atoms with E-state index in [-0.39, 0.29) is 5.56 Å². The fourth-order valence-electron chi connectivity index (χ4n) is 3.02. The van der Waals surface area contributed by atoms with Gasteiger partial charge < -0.3 is 9.80 Å². The molecule has 7 heteroatoms. The van der Waals surface area contributed by atoms with Gasteiger partial charge in [0.05, 0.1) is 11.9 Å². The molecular weight excluding hydrogens is 304 g/mol. The van der Waals surface area contributed by atoms with Crippen LogP contribution in [0.4, 0.5) is 5.69 Å². The van der Waals surface area contributed by atoms with Crippen LogP contribution in [0, 0.1) is 13.8 Å². The summed E-state index contributed by atoms with van der Waals surface area (Å²) in [5.74, 6) is 0.617. The molecule has 1 fully saturated rings. The normalized spacial score (nSPS) is 16.2. The average Bonchev–Trinajstić information content (AvgIpc) is 2.73. The molecule has 2 aromatic heterocycles. The van der Waals surface area contributed by atoms with E-state index in [9.17, 15) is 4.79 Å². The minimum Gasteiger partial charge on any atom is -0.369 e. The summed E-state index contributed by atoms with van der Waals surface area (Å²) in [5.41, 5.74) is 2.58. The van der Waals surface area contributed by atoms with Crippen LogP contribution in [0.15, 0.2) is 23.1 Å². The van der Waals surface area contributed by atoms with Crippen LogP contribution >= 0.6 is 0 Å². The van der Waals surface area contributed by atoms with E-state index in [1.165, 1.54) is 4.68 Å². The lowest BCUT2D eigenvalue weighted by Gasteiger charge is -2.22. The van der Waals surface area contributed by atoms with Crippen molar-refractivity contribution in [2.24, 2.45) is 0 Å². The average molecular weight is 328 g/mol. The first kappa shape index (κ1) is 16.6. The maximum Gasteiger partial charge on any atom is 0.269 e. The number of nitrogens with zero attached hydrogens (tertiary/aromatic N) is 6. The Balaban J connectivity index is 1.78. The first-order valence-electron chi connectivity index (χ1n) is 8.33. The molecule has 3 rings (SSSR count). The van der Waals surface area contributed by atoms with Gasteiger partial charge in [0.15, 0.2) is 0 Å². The van der Waals surface area contributed by atoms with Crippen molar-refractivity contribution in [2.45, 2.75) is 26.8 Å². The summed E-state index contributed by atoms with van der Waals surface area (Å²) in [5, 5.41) is 4.33. The fraction of sp³-hybridized carbons (Fsp3) is 0.529. The van der Waals surface area contributed by atoms with Crippen LogP contribution in [0.25, 0.3) is 0 Å². The zero-order chi connectivity index (χ0) is 17.1. The van der Waals surface area contributed by atoms with Crippen LogP contribution in [0.5, 0.6) is 0 Å². The molecule has 0 unspecified atom stereocenters. The number of aromatic nitrogens is 4. The summed E-state index contributed by atoms with van der Waals surface area (Å²) < 4.78 is 1.42. The van der Waals surface area contributed by atoms with Crippen LogP contribution < -0.4 is 10.5 Å². The van der Waals surface area contributed by atoms with Crippen LogP contribution in [0.3, 0.4) is 0 Å². The van der Waals surface area contributed by atoms with Crippen molar-refractivity contribution in [3.8, 4) is 0 Å². The van der Waals surface area contributed by atoms with Gasteiger partial charge in [-0.25, -0.2) is 14.6 Å². The maximum atomic E-state index is 12.4. The minimum atomic E-state index is -0.118. The second-order valence-electron chi connectivity index (χ2n) is 6.42. The van der Waals surface area contributed by atoms with Crippen molar-refractivity contribution in [1.82, 2.24) is 24.6 Å². The summed E-state index contributed by atoms with van der Waals surface area (Å²) >= 11 is 0. The quantitative estimate of drug-likeness (QED) is 0.832. The van der Waals surface area contributed by atoms with Gasteiger partial charge in [-0.3, -0.25) is 4.79 Å². The van der Waals surface area contributed by atoms with Gasteiger partial charge in [0.2, 0.25) is 0 Å². The van der Waals surface area contributed by atoms with Crippen molar-refractivity contribution in [2.75, 3.05) is 38.1 Å². The van der Waals surface area contributed by atoms with E-state index >= 15 is 0 Å². The summed E-state index contributed by atoms with van der Waals surface area (Å²) in [6.07, 6.45) is 2.87. The smallest absolute Gasteiger partial charge is 0.269 e. The Labute approximate surface area is 142 Å². The summed E-state index contributed by atoms with van der Waals surface area (Å²) in [7, 11) is 2.13. The zero-order valence-corrected chi connectivity index (χ0v) is 14.6. The lowest BCUT2D eigenvalue weighted by Crippen LogP contribution is -2.31. The van der Waals surface area contributed by atoms with Gasteiger partial charge in [-0.1, -0.05) is 0 Å². The Morgan fingerprint density at radius 3 is 2.50 bits per heavy atom. The van der Waals surface area contributed by atoms with Crippen molar-refractivity contribution in [3.63, 3.8) is 0 Å². The predicted molar refractivity (Wildman–Crippen MR) is 93.4 cm³/mol. The molecule has 1 saturated heterocycles. The highest BCUT2D eigenvalue weighted by Crippen LogP contribution is 2.12. The third kappa shape index (κ3) is 3.97. The van der Waals surface area contributed by atoms with Gasteiger partial charge in [-0.05, 0) is 39.9 Å². The minimum absolute atomic E-state index is 0.118. The second-order valence-corrected chi connectivity index (χ2v) is 6.42. The maximum absolute atomic E-state index is 12.4. The van der Waals surface area contributed by atoms with Gasteiger partial charge in [0.25, 0.3) is 5.56 Å². The monoisotopic (exact) mass is 328 g/mol. The number of likely N-dealkylation sites (N-methyl/N-ethyl adjacent to an activating group) is 1. The molecule has 24 heavy (non-hydrogen) atoms. The Hall–Kier alpha value is -2.28. The van der Waals surface area contributed by atoms with Gasteiger partial charge in [0, 0.05) is 37.1 Å². The Kier molecular flexibility index (Phi) is 4.89. The van der Waals surface area contributed by atoms with Crippen LogP contribution in [-0.4, -0.2) is 57.9 Å². The first-order valence-corrected chi connectivity index (χ1v) is 8.33. The highest BCUT2D eigenvalue weighted by atomic mass is 16.1. The predicted octanol–water partition coefficient (Wildman–Crippen LogP) is 0.840. The molecule has 3 heterocycles. The molecular formula is C17H24N6O. The molecule has 0 amide bonds. The molecule has 0 spiro atoms. The van der Waals surface area contributed by atoms with E-state index in [1.807, 2.05) is 19.9 Å². The molecule has 0 radical (unpaired) electrons. The lowest BCUT2D eigenvalue weighted by molar-refractivity contribution is 0.360. The van der Waals surface area contributed by atoms with Gasteiger partial charge in [-0.2, -0.15) is 5.10 Å². The van der Waals surface area contributed by atoms with E-state index in [1.54, 1.807) is 12.3 Å². The zero-order valence-electron chi connectivity index (χ0n) is 14.6. The van der Waals surface area contributed by atoms with Crippen LogP contribution in [0.1, 0.15) is 23.6 Å². The summed E-state index contributed by atoms with van der Waals surface area (Å²) in [6, 6.07) is 3.58. The SMILES string of the molecule is Cc1cc(C)nc(Cn2ncc(N3CCCN(C)CC3)cc2=O)n1. The number of hydrogen-bond acceptors (Lipinski definition) is 6. The van der Waals surface area contributed by atoms with Crippen LogP contribution in [0.2, 0.25) is 0 Å². The Morgan fingerprint density at radius 2 is 1.79 bits per heavy atom. The van der Waals surface area contributed by atoms with Gasteiger partial charge in [0.1, 0.15) is 12.4 Å². The fourth-order valence-corrected chi connectivity index (χ4v) is 3.02. The largest absolute Gasteiger partial charge is 0.369 e. The molecule has 1 aliphatic rings. The molecule has 7 nitrogen and oxygen atoms in total. The molecule has 128 valence electrons. The Bertz CT molecular complexity index is 752. The van der Waals surface area contributed by atoms with Crippen molar-refractivity contribution < 1.29 is 0 Å². The van der Waals surface area contributed by atoms with E-state index < -0.39 is 0 Å². The van der Waals surface area contributed by atoms with Gasteiger partial charge in [-0.15, -0.1) is 0 Å². The molecule has 0 aliphatic carbocycles. The summed E-state index contributed by atoms with van der Waals surface area (Å²) in [6.45, 7) is 8.11. The molecule has 0 bridgehead atoms. The number of anilines is 1. The highest BCUT2D eigenvalue weighted by molar-refractivity contribution is 5.43. The van der Waals surface area contributed by atoms with E-state index in [4.69, 9.17) is 0 Å². The van der Waals surface area contributed by atoms with E-state index in [2.05, 4.69) is 31.9 Å². The highest BCUT2D eigenvalue weighted by Gasteiger charge is 2.14. The number of rotatable bonds is 3. The van der Waals surface area contributed by atoms with Crippen molar-refractivity contribution in [3.05, 3.63) is 45.9 Å². The second kappa shape index (κ2) is 7.09. The number of aryl methyl sites for hydroxylation is 2.